The maximum absolute atomic E-state index is 12.0. The van der Waals surface area contributed by atoms with Gasteiger partial charge in [0.1, 0.15) is 10.3 Å². The average Bonchev–Trinajstić information content (AvgIpc) is 2.61. The largest absolute Gasteiger partial charge is 0.455 e. The van der Waals surface area contributed by atoms with Crippen LogP contribution in [0, 0.1) is 10.1 Å². The zero-order valence-electron chi connectivity index (χ0n) is 13.7. The highest BCUT2D eigenvalue weighted by atomic mass is 35.5. The Hall–Kier alpha value is -2.58. The third-order valence-corrected chi connectivity index (χ3v) is 4.57. The van der Waals surface area contributed by atoms with Crippen LogP contribution in [0.25, 0.3) is 0 Å². The Morgan fingerprint density at radius 2 is 1.96 bits per heavy atom. The van der Waals surface area contributed by atoms with Gasteiger partial charge in [0, 0.05) is 16.6 Å². The Bertz CT molecular complexity index is 816. The van der Waals surface area contributed by atoms with E-state index in [9.17, 15) is 19.7 Å². The quantitative estimate of drug-likeness (QED) is 0.331. The number of carbonyl (C=O) groups excluding carboxylic acids is 2. The van der Waals surface area contributed by atoms with Gasteiger partial charge >= 0.3 is 5.97 Å². The van der Waals surface area contributed by atoms with Crippen LogP contribution in [-0.4, -0.2) is 28.7 Å². The summed E-state index contributed by atoms with van der Waals surface area (Å²) in [7, 11) is 0. The van der Waals surface area contributed by atoms with Crippen molar-refractivity contribution in [3.63, 3.8) is 0 Å². The third kappa shape index (κ3) is 5.75. The van der Waals surface area contributed by atoms with E-state index in [1.807, 2.05) is 30.3 Å². The number of halogens is 1. The number of hydrogen-bond donors (Lipinski definition) is 1. The van der Waals surface area contributed by atoms with Gasteiger partial charge < -0.3 is 10.1 Å². The maximum Gasteiger partial charge on any atom is 0.319 e. The number of nitrogens with one attached hydrogen (secondary N) is 1. The number of benzene rings is 2. The summed E-state index contributed by atoms with van der Waals surface area (Å²) in [6.45, 7) is 1.19. The van der Waals surface area contributed by atoms with Crippen LogP contribution < -0.4 is 5.32 Å². The van der Waals surface area contributed by atoms with Crippen LogP contribution in [0.4, 0.5) is 11.4 Å². The fourth-order valence-electron chi connectivity index (χ4n) is 1.93. The van der Waals surface area contributed by atoms with Crippen molar-refractivity contribution in [3.8, 4) is 0 Å². The molecule has 0 bridgehead atoms. The lowest BCUT2D eigenvalue weighted by Gasteiger charge is -2.11. The molecule has 2 aromatic carbocycles. The monoisotopic (exact) mass is 394 g/mol. The molecular weight excluding hydrogens is 380 g/mol. The van der Waals surface area contributed by atoms with Crippen LogP contribution in [0.5, 0.6) is 0 Å². The Morgan fingerprint density at radius 1 is 1.27 bits per heavy atom. The second kappa shape index (κ2) is 9.21. The Kier molecular flexibility index (Phi) is 6.99. The van der Waals surface area contributed by atoms with Gasteiger partial charge in [-0.1, -0.05) is 29.8 Å². The van der Waals surface area contributed by atoms with E-state index < -0.39 is 28.7 Å². The first-order chi connectivity index (χ1) is 12.4. The number of amides is 1. The molecule has 0 aliphatic heterocycles. The lowest BCUT2D eigenvalue weighted by molar-refractivity contribution is -0.384. The normalized spacial score (nSPS) is 11.5. The molecule has 2 rings (SSSR count). The minimum atomic E-state index is -0.652. The van der Waals surface area contributed by atoms with Crippen molar-refractivity contribution in [2.75, 3.05) is 11.9 Å². The van der Waals surface area contributed by atoms with Gasteiger partial charge in [-0.15, -0.1) is 11.8 Å². The first-order valence-electron chi connectivity index (χ1n) is 7.49. The van der Waals surface area contributed by atoms with Crippen molar-refractivity contribution in [3.05, 3.63) is 63.7 Å². The minimum Gasteiger partial charge on any atom is -0.455 e. The van der Waals surface area contributed by atoms with E-state index in [0.717, 1.165) is 11.0 Å². The molecule has 0 unspecified atom stereocenters. The summed E-state index contributed by atoms with van der Waals surface area (Å²) in [5, 5.41) is 12.7. The van der Waals surface area contributed by atoms with Gasteiger partial charge in [0.05, 0.1) is 4.92 Å². The third-order valence-electron chi connectivity index (χ3n) is 3.16. The van der Waals surface area contributed by atoms with E-state index in [4.69, 9.17) is 16.3 Å². The molecule has 1 amide bonds. The predicted molar refractivity (Wildman–Crippen MR) is 99.5 cm³/mol. The zero-order chi connectivity index (χ0) is 19.1. The van der Waals surface area contributed by atoms with Crippen LogP contribution in [0.15, 0.2) is 53.4 Å². The summed E-state index contributed by atoms with van der Waals surface area (Å²) in [6, 6.07) is 13.2. The number of hydrogen-bond acceptors (Lipinski definition) is 6. The summed E-state index contributed by atoms with van der Waals surface area (Å²) in [5.74, 6) is -1.14. The number of rotatable bonds is 7. The molecule has 7 nitrogen and oxygen atoms in total. The van der Waals surface area contributed by atoms with Crippen LogP contribution in [0.1, 0.15) is 6.92 Å². The number of nitro groups is 1. The molecule has 136 valence electrons. The van der Waals surface area contributed by atoms with Gasteiger partial charge in [-0.2, -0.15) is 0 Å². The number of carbonyl (C=O) groups is 2. The molecular formula is C17H15ClN2O5S. The first kappa shape index (κ1) is 19.7. The van der Waals surface area contributed by atoms with Crippen LogP contribution >= 0.6 is 23.4 Å². The topological polar surface area (TPSA) is 98.5 Å². The maximum atomic E-state index is 12.0. The van der Waals surface area contributed by atoms with Crippen molar-refractivity contribution in [1.82, 2.24) is 0 Å². The van der Waals surface area contributed by atoms with Gasteiger partial charge in [-0.25, -0.2) is 0 Å². The number of anilines is 1. The van der Waals surface area contributed by atoms with Gasteiger partial charge in [0.15, 0.2) is 6.61 Å². The fourth-order valence-corrected chi connectivity index (χ4v) is 3.01. The van der Waals surface area contributed by atoms with Crippen molar-refractivity contribution in [1.29, 1.82) is 0 Å². The Labute approximate surface area is 158 Å². The van der Waals surface area contributed by atoms with Crippen molar-refractivity contribution in [2.24, 2.45) is 0 Å². The SMILES string of the molecule is C[C@@H](Sc1ccccc1)C(=O)OCC(=O)Nc1ccc(Cl)c([N+](=O)[O-])c1. The van der Waals surface area contributed by atoms with E-state index in [-0.39, 0.29) is 16.4 Å². The zero-order valence-corrected chi connectivity index (χ0v) is 15.3. The summed E-state index contributed by atoms with van der Waals surface area (Å²) >= 11 is 7.02. The number of nitro benzene ring substituents is 1. The lowest BCUT2D eigenvalue weighted by atomic mass is 10.3. The molecule has 0 spiro atoms. The Balaban J connectivity index is 1.85. The summed E-state index contributed by atoms with van der Waals surface area (Å²) < 4.78 is 4.98. The molecule has 0 aromatic heterocycles. The molecule has 9 heteroatoms. The van der Waals surface area contributed by atoms with Crippen LogP contribution in [-0.2, 0) is 14.3 Å². The summed E-state index contributed by atoms with van der Waals surface area (Å²) in [5.41, 5.74) is -0.136. The number of esters is 1. The van der Waals surface area contributed by atoms with Crippen molar-refractivity contribution >= 4 is 46.6 Å². The second-order valence-corrected chi connectivity index (χ2v) is 6.97. The van der Waals surface area contributed by atoms with Crippen LogP contribution in [0.2, 0.25) is 5.02 Å². The number of thioether (sulfide) groups is 1. The second-order valence-electron chi connectivity index (χ2n) is 5.15. The lowest BCUT2D eigenvalue weighted by Crippen LogP contribution is -2.24. The standard InChI is InChI=1S/C17H15ClN2O5S/c1-11(26-13-5-3-2-4-6-13)17(22)25-10-16(21)19-12-7-8-14(18)15(9-12)20(23)24/h2-9,11H,10H2,1H3,(H,19,21)/t11-/m1/s1. The van der Waals surface area contributed by atoms with Gasteiger partial charge in [-0.3, -0.25) is 19.7 Å². The molecule has 1 atom stereocenters. The van der Waals surface area contributed by atoms with Crippen molar-refractivity contribution < 1.29 is 19.2 Å². The molecule has 26 heavy (non-hydrogen) atoms. The summed E-state index contributed by atoms with van der Waals surface area (Å²) in [4.78, 5) is 34.9. The molecule has 0 saturated heterocycles. The fraction of sp³-hybridized carbons (Fsp3) is 0.176. The van der Waals surface area contributed by atoms with E-state index in [1.54, 1.807) is 6.92 Å². The molecule has 0 radical (unpaired) electrons. The van der Waals surface area contributed by atoms with Gasteiger partial charge in [0.2, 0.25) is 0 Å². The molecule has 2 aromatic rings. The molecule has 0 aliphatic carbocycles. The highest BCUT2D eigenvalue weighted by molar-refractivity contribution is 8.00. The number of nitrogens with zero attached hydrogens (tertiary/aromatic N) is 1. The van der Waals surface area contributed by atoms with Crippen molar-refractivity contribution in [2.45, 2.75) is 17.1 Å². The predicted octanol–water partition coefficient (Wildman–Crippen LogP) is 3.91. The molecule has 1 N–H and O–H groups in total. The first-order valence-corrected chi connectivity index (χ1v) is 8.74. The highest BCUT2D eigenvalue weighted by Gasteiger charge is 2.18. The molecule has 0 fully saturated rings. The van der Waals surface area contributed by atoms with E-state index >= 15 is 0 Å². The smallest absolute Gasteiger partial charge is 0.319 e. The number of ether oxygens (including phenoxy) is 1. The summed E-state index contributed by atoms with van der Waals surface area (Å²) in [6.07, 6.45) is 0. The molecule has 0 aliphatic rings. The van der Waals surface area contributed by atoms with Gasteiger partial charge in [-0.05, 0) is 31.2 Å². The van der Waals surface area contributed by atoms with E-state index in [1.165, 1.54) is 23.9 Å². The van der Waals surface area contributed by atoms with Crippen LogP contribution in [0.3, 0.4) is 0 Å². The molecule has 0 heterocycles. The Morgan fingerprint density at radius 3 is 2.62 bits per heavy atom. The van der Waals surface area contributed by atoms with E-state index in [2.05, 4.69) is 5.32 Å². The minimum absolute atomic E-state index is 0.0359. The highest BCUT2D eigenvalue weighted by Crippen LogP contribution is 2.27. The average molecular weight is 395 g/mol. The van der Waals surface area contributed by atoms with E-state index in [0.29, 0.717) is 0 Å². The molecule has 0 saturated carbocycles. The van der Waals surface area contributed by atoms with Gasteiger partial charge in [0.25, 0.3) is 11.6 Å².